The van der Waals surface area contributed by atoms with Gasteiger partial charge in [0, 0.05) is 32.4 Å². The molecule has 0 bridgehead atoms. The zero-order valence-electron chi connectivity index (χ0n) is 16.1. The van der Waals surface area contributed by atoms with Gasteiger partial charge >= 0.3 is 0 Å². The van der Waals surface area contributed by atoms with Gasteiger partial charge in [-0.25, -0.2) is 4.98 Å². The highest BCUT2D eigenvalue weighted by molar-refractivity contribution is 6.05. The summed E-state index contributed by atoms with van der Waals surface area (Å²) in [6.07, 6.45) is 2.75. The second-order valence-electron chi connectivity index (χ2n) is 7.13. The Bertz CT molecular complexity index is 976. The van der Waals surface area contributed by atoms with E-state index in [1.165, 1.54) is 11.1 Å². The third-order valence-electron chi connectivity index (χ3n) is 5.34. The van der Waals surface area contributed by atoms with E-state index in [0.29, 0.717) is 12.1 Å². The number of hydrogen-bond donors (Lipinski definition) is 1. The Morgan fingerprint density at radius 2 is 2.07 bits per heavy atom. The number of carbonyl (C=O) groups excluding carboxylic acids is 1. The topological polar surface area (TPSA) is 63.1 Å². The maximum atomic E-state index is 13.5. The molecule has 1 aromatic carbocycles. The molecule has 0 saturated carbocycles. The highest BCUT2D eigenvalue weighted by atomic mass is 16.2. The maximum Gasteiger partial charge on any atom is 0.255 e. The number of amides is 1. The number of benzene rings is 1. The summed E-state index contributed by atoms with van der Waals surface area (Å²) in [5, 5.41) is 8.53. The van der Waals surface area contributed by atoms with E-state index in [9.17, 15) is 4.79 Å². The van der Waals surface area contributed by atoms with Gasteiger partial charge in [0.2, 0.25) is 0 Å². The Hall–Kier alpha value is -2.73. The lowest BCUT2D eigenvalue weighted by Gasteiger charge is -2.37. The zero-order valence-corrected chi connectivity index (χ0v) is 16.1. The van der Waals surface area contributed by atoms with E-state index >= 15 is 0 Å². The lowest BCUT2D eigenvalue weighted by atomic mass is 9.99. The molecule has 1 amide bonds. The summed E-state index contributed by atoms with van der Waals surface area (Å²) in [5.74, 6) is 0.0459. The first-order valence-corrected chi connectivity index (χ1v) is 9.48. The Balaban J connectivity index is 1.72. The van der Waals surface area contributed by atoms with Crippen molar-refractivity contribution >= 4 is 16.9 Å². The van der Waals surface area contributed by atoms with Gasteiger partial charge in [-0.15, -0.1) is 0 Å². The summed E-state index contributed by atoms with van der Waals surface area (Å²) >= 11 is 0. The van der Waals surface area contributed by atoms with Crippen molar-refractivity contribution in [1.82, 2.24) is 25.0 Å². The highest BCUT2D eigenvalue weighted by Gasteiger charge is 2.30. The summed E-state index contributed by atoms with van der Waals surface area (Å²) in [4.78, 5) is 20.0. The second kappa shape index (κ2) is 7.12. The summed E-state index contributed by atoms with van der Waals surface area (Å²) in [6.45, 7) is 6.31. The van der Waals surface area contributed by atoms with E-state index < -0.39 is 0 Å². The van der Waals surface area contributed by atoms with Gasteiger partial charge in [-0.05, 0) is 30.5 Å². The molecular formula is C21H25N5O. The van der Waals surface area contributed by atoms with Crippen LogP contribution in [0.2, 0.25) is 0 Å². The molecule has 140 valence electrons. The van der Waals surface area contributed by atoms with Crippen LogP contribution in [-0.2, 0) is 13.5 Å². The highest BCUT2D eigenvalue weighted by Crippen LogP contribution is 2.27. The van der Waals surface area contributed by atoms with Gasteiger partial charge in [0.15, 0.2) is 5.65 Å². The maximum absolute atomic E-state index is 13.5. The molecule has 27 heavy (non-hydrogen) atoms. The molecular weight excluding hydrogens is 338 g/mol. The van der Waals surface area contributed by atoms with Crippen molar-refractivity contribution in [1.29, 1.82) is 0 Å². The van der Waals surface area contributed by atoms with E-state index in [0.717, 1.165) is 36.2 Å². The number of nitrogens with one attached hydrogen (secondary N) is 1. The fourth-order valence-corrected chi connectivity index (χ4v) is 3.79. The summed E-state index contributed by atoms with van der Waals surface area (Å²) in [7, 11) is 1.85. The summed E-state index contributed by atoms with van der Waals surface area (Å²) in [6, 6.07) is 10.5. The van der Waals surface area contributed by atoms with E-state index in [4.69, 9.17) is 0 Å². The molecule has 6 nitrogen and oxygen atoms in total. The van der Waals surface area contributed by atoms with E-state index in [1.807, 2.05) is 24.9 Å². The van der Waals surface area contributed by atoms with E-state index in [1.54, 1.807) is 10.9 Å². The van der Waals surface area contributed by atoms with Gasteiger partial charge in [0.1, 0.15) is 0 Å². The van der Waals surface area contributed by atoms with Crippen molar-refractivity contribution < 1.29 is 4.79 Å². The minimum atomic E-state index is 0.0253. The normalized spacial score (nSPS) is 17.4. The predicted octanol–water partition coefficient (Wildman–Crippen LogP) is 2.63. The average molecular weight is 363 g/mol. The molecule has 0 aliphatic carbocycles. The van der Waals surface area contributed by atoms with E-state index in [-0.39, 0.29) is 11.9 Å². The third kappa shape index (κ3) is 3.21. The molecule has 1 fully saturated rings. The molecule has 1 unspecified atom stereocenters. The van der Waals surface area contributed by atoms with Crippen LogP contribution < -0.4 is 5.32 Å². The van der Waals surface area contributed by atoms with Crippen LogP contribution in [0.15, 0.2) is 36.5 Å². The fourth-order valence-electron chi connectivity index (χ4n) is 3.79. The van der Waals surface area contributed by atoms with Crippen molar-refractivity contribution in [2.24, 2.45) is 7.05 Å². The van der Waals surface area contributed by atoms with Gasteiger partial charge in [0.05, 0.1) is 23.2 Å². The Morgan fingerprint density at radius 3 is 2.81 bits per heavy atom. The summed E-state index contributed by atoms with van der Waals surface area (Å²) in [5.41, 5.74) is 4.73. The van der Waals surface area contributed by atoms with Gasteiger partial charge in [0.25, 0.3) is 5.91 Å². The standard InChI is InChI=1S/C21H25N5O/c1-4-15-5-7-16(8-6-15)19-13-22-9-10-26(19)21(27)17-11-14(2)24-20-18(17)12-23-25(20)3/h5-8,11-12,19,22H,4,9-10,13H2,1-3H3. The van der Waals surface area contributed by atoms with Crippen molar-refractivity contribution in [2.75, 3.05) is 19.6 Å². The van der Waals surface area contributed by atoms with Crippen LogP contribution in [0.3, 0.4) is 0 Å². The number of hydrogen-bond acceptors (Lipinski definition) is 4. The first-order chi connectivity index (χ1) is 13.1. The molecule has 1 atom stereocenters. The first-order valence-electron chi connectivity index (χ1n) is 9.48. The number of pyridine rings is 1. The molecule has 6 heteroatoms. The fraction of sp³-hybridized carbons (Fsp3) is 0.381. The van der Waals surface area contributed by atoms with Crippen LogP contribution in [0.1, 0.15) is 40.1 Å². The number of carbonyl (C=O) groups is 1. The monoisotopic (exact) mass is 363 g/mol. The van der Waals surface area contributed by atoms with Crippen molar-refractivity contribution in [3.63, 3.8) is 0 Å². The van der Waals surface area contributed by atoms with Gasteiger partial charge < -0.3 is 10.2 Å². The average Bonchev–Trinajstić information content (AvgIpc) is 3.07. The lowest BCUT2D eigenvalue weighted by Crippen LogP contribution is -2.48. The quantitative estimate of drug-likeness (QED) is 0.777. The van der Waals surface area contributed by atoms with Gasteiger partial charge in [-0.3, -0.25) is 9.48 Å². The molecule has 0 radical (unpaired) electrons. The number of aromatic nitrogens is 3. The minimum absolute atomic E-state index is 0.0253. The molecule has 3 heterocycles. The van der Waals surface area contributed by atoms with Gasteiger partial charge in [-0.2, -0.15) is 5.10 Å². The number of rotatable bonds is 3. The van der Waals surface area contributed by atoms with E-state index in [2.05, 4.69) is 46.6 Å². The Labute approximate surface area is 159 Å². The smallest absolute Gasteiger partial charge is 0.255 e. The van der Waals surface area contributed by atoms with Gasteiger partial charge in [-0.1, -0.05) is 31.2 Å². The van der Waals surface area contributed by atoms with Crippen LogP contribution in [0, 0.1) is 6.92 Å². The second-order valence-corrected chi connectivity index (χ2v) is 7.13. The molecule has 1 saturated heterocycles. The number of aryl methyl sites for hydroxylation is 3. The van der Waals surface area contributed by atoms with Crippen LogP contribution in [0.25, 0.3) is 11.0 Å². The van der Waals surface area contributed by atoms with Crippen molar-refractivity contribution in [3.8, 4) is 0 Å². The number of piperazine rings is 1. The van der Waals surface area contributed by atoms with Crippen LogP contribution in [-0.4, -0.2) is 45.2 Å². The van der Waals surface area contributed by atoms with Crippen LogP contribution >= 0.6 is 0 Å². The third-order valence-corrected chi connectivity index (χ3v) is 5.34. The van der Waals surface area contributed by atoms with Crippen molar-refractivity contribution in [3.05, 3.63) is 58.9 Å². The number of fused-ring (bicyclic) bond motifs is 1. The molecule has 0 spiro atoms. The first kappa shape index (κ1) is 17.7. The largest absolute Gasteiger partial charge is 0.329 e. The summed E-state index contributed by atoms with van der Waals surface area (Å²) < 4.78 is 1.72. The van der Waals surface area contributed by atoms with Crippen LogP contribution in [0.5, 0.6) is 0 Å². The molecule has 3 aromatic rings. The Kier molecular flexibility index (Phi) is 4.66. The molecule has 1 N–H and O–H groups in total. The Morgan fingerprint density at radius 1 is 1.30 bits per heavy atom. The van der Waals surface area contributed by atoms with Crippen molar-refractivity contribution in [2.45, 2.75) is 26.3 Å². The predicted molar refractivity (Wildman–Crippen MR) is 106 cm³/mol. The lowest BCUT2D eigenvalue weighted by molar-refractivity contribution is 0.0636. The zero-order chi connectivity index (χ0) is 19.0. The molecule has 1 aliphatic rings. The molecule has 1 aliphatic heterocycles. The SMILES string of the molecule is CCc1ccc(C2CNCCN2C(=O)c2cc(C)nc3c2cnn3C)cc1. The van der Waals surface area contributed by atoms with Crippen LogP contribution in [0.4, 0.5) is 0 Å². The molecule has 4 rings (SSSR count). The minimum Gasteiger partial charge on any atom is -0.329 e. The molecule has 2 aromatic heterocycles. The number of nitrogens with zero attached hydrogens (tertiary/aromatic N) is 4.